The van der Waals surface area contributed by atoms with Gasteiger partial charge in [0.2, 0.25) is 0 Å². The number of allylic oxidation sites excluding steroid dienone is 2. The van der Waals surface area contributed by atoms with E-state index in [-0.39, 0.29) is 23.0 Å². The van der Waals surface area contributed by atoms with Crippen LogP contribution in [0.2, 0.25) is 0 Å². The van der Waals surface area contributed by atoms with Crippen LogP contribution in [0.5, 0.6) is 0 Å². The van der Waals surface area contributed by atoms with Gasteiger partial charge in [-0.1, -0.05) is 30.3 Å². The Morgan fingerprint density at radius 2 is 2.12 bits per heavy atom. The highest BCUT2D eigenvalue weighted by molar-refractivity contribution is 7.98. The van der Waals surface area contributed by atoms with Gasteiger partial charge in [-0.3, -0.25) is 9.79 Å². The molecule has 25 heavy (non-hydrogen) atoms. The Balaban J connectivity index is 2.14. The molecule has 0 aliphatic heterocycles. The molecule has 134 valence electrons. The minimum Gasteiger partial charge on any atom is -0.511 e. The number of esters is 1. The van der Waals surface area contributed by atoms with Crippen LogP contribution < -0.4 is 0 Å². The van der Waals surface area contributed by atoms with Crippen molar-refractivity contribution in [2.75, 3.05) is 19.1 Å². The third-order valence-corrected chi connectivity index (χ3v) is 4.85. The van der Waals surface area contributed by atoms with Crippen LogP contribution in [0.15, 0.2) is 46.7 Å². The molecule has 1 N–H and O–H groups in total. The summed E-state index contributed by atoms with van der Waals surface area (Å²) in [5, 5.41) is 10.3. The number of carbonyl (C=O) groups is 2. The van der Waals surface area contributed by atoms with E-state index in [0.717, 1.165) is 11.3 Å². The molecule has 1 aromatic carbocycles. The standard InChI is InChI=1S/C19H23NO4S/c1-24-19(23)16(8-9-25-2)20-12-15-17(21)10-14(11-18(15)22)13-6-4-3-5-7-13/h3-7,12,14,16,21H,8-11H2,1-2H3/t14?,16-/m0/s1. The van der Waals surface area contributed by atoms with E-state index >= 15 is 0 Å². The SMILES string of the molecule is COC(=O)[C@H](CCSC)N=CC1=C(O)CC(c2ccccc2)CC1=O. The molecule has 0 fully saturated rings. The number of ether oxygens (including phenoxy) is 1. The first kappa shape index (κ1) is 19.2. The molecule has 0 radical (unpaired) electrons. The first-order valence-electron chi connectivity index (χ1n) is 8.17. The number of aliphatic imine (C=N–C) groups is 1. The Morgan fingerprint density at radius 3 is 2.72 bits per heavy atom. The van der Waals surface area contributed by atoms with Crippen LogP contribution in [0.3, 0.4) is 0 Å². The molecule has 1 aromatic rings. The number of thioether (sulfide) groups is 1. The van der Waals surface area contributed by atoms with Crippen molar-refractivity contribution in [1.29, 1.82) is 0 Å². The Kier molecular flexibility index (Phi) is 7.25. The maximum Gasteiger partial charge on any atom is 0.330 e. The van der Waals surface area contributed by atoms with Crippen LogP contribution in [-0.4, -0.2) is 48.2 Å². The molecule has 1 unspecified atom stereocenters. The Bertz CT molecular complexity index is 669. The zero-order chi connectivity index (χ0) is 18.2. The summed E-state index contributed by atoms with van der Waals surface area (Å²) >= 11 is 1.61. The summed E-state index contributed by atoms with van der Waals surface area (Å²) in [6.07, 6.45) is 4.52. The molecule has 2 atom stereocenters. The van der Waals surface area contributed by atoms with E-state index in [0.29, 0.717) is 19.3 Å². The third kappa shape index (κ3) is 5.19. The van der Waals surface area contributed by atoms with Crippen molar-refractivity contribution in [3.05, 3.63) is 47.2 Å². The second-order valence-corrected chi connectivity index (χ2v) is 6.88. The van der Waals surface area contributed by atoms with E-state index in [2.05, 4.69) is 4.99 Å². The van der Waals surface area contributed by atoms with Crippen LogP contribution >= 0.6 is 11.8 Å². The predicted molar refractivity (Wildman–Crippen MR) is 100 cm³/mol. The maximum atomic E-state index is 12.4. The van der Waals surface area contributed by atoms with Crippen molar-refractivity contribution in [3.63, 3.8) is 0 Å². The van der Waals surface area contributed by atoms with Gasteiger partial charge in [0.25, 0.3) is 0 Å². The van der Waals surface area contributed by atoms with Crippen LogP contribution in [0.4, 0.5) is 0 Å². The van der Waals surface area contributed by atoms with Gasteiger partial charge in [0.15, 0.2) is 5.78 Å². The summed E-state index contributed by atoms with van der Waals surface area (Å²) in [6.45, 7) is 0. The monoisotopic (exact) mass is 361 g/mol. The Hall–Kier alpha value is -2.08. The number of methoxy groups -OCH3 is 1. The molecule has 0 amide bonds. The number of carbonyl (C=O) groups excluding carboxylic acids is 2. The molecule has 0 saturated heterocycles. The van der Waals surface area contributed by atoms with Crippen LogP contribution in [0.1, 0.15) is 30.7 Å². The van der Waals surface area contributed by atoms with Crippen LogP contribution in [0.25, 0.3) is 0 Å². The number of rotatable bonds is 7. The minimum atomic E-state index is -0.655. The summed E-state index contributed by atoms with van der Waals surface area (Å²) in [6, 6.07) is 9.02. The zero-order valence-electron chi connectivity index (χ0n) is 14.5. The van der Waals surface area contributed by atoms with Gasteiger partial charge >= 0.3 is 5.97 Å². The second kappa shape index (κ2) is 9.42. The van der Waals surface area contributed by atoms with E-state index in [1.54, 1.807) is 11.8 Å². The zero-order valence-corrected chi connectivity index (χ0v) is 15.3. The lowest BCUT2D eigenvalue weighted by atomic mass is 9.83. The second-order valence-electron chi connectivity index (χ2n) is 5.90. The molecule has 2 rings (SSSR count). The highest BCUT2D eigenvalue weighted by Gasteiger charge is 2.28. The van der Waals surface area contributed by atoms with Crippen LogP contribution in [0, 0.1) is 0 Å². The lowest BCUT2D eigenvalue weighted by molar-refractivity contribution is -0.142. The van der Waals surface area contributed by atoms with E-state index < -0.39 is 12.0 Å². The molecular formula is C19H23NO4S. The smallest absolute Gasteiger partial charge is 0.330 e. The number of hydrogen-bond donors (Lipinski definition) is 1. The molecule has 5 nitrogen and oxygen atoms in total. The average Bonchev–Trinajstić information content (AvgIpc) is 2.63. The van der Waals surface area contributed by atoms with Crippen LogP contribution in [-0.2, 0) is 14.3 Å². The predicted octanol–water partition coefficient (Wildman–Crippen LogP) is 3.31. The lowest BCUT2D eigenvalue weighted by Gasteiger charge is -2.22. The summed E-state index contributed by atoms with van der Waals surface area (Å²) in [7, 11) is 1.32. The van der Waals surface area contributed by atoms with Crippen molar-refractivity contribution < 1.29 is 19.4 Å². The molecule has 6 heteroatoms. The fraction of sp³-hybridized carbons (Fsp3) is 0.421. The first-order chi connectivity index (χ1) is 12.1. The van der Waals surface area contributed by atoms with Gasteiger partial charge in [-0.25, -0.2) is 4.79 Å². The van der Waals surface area contributed by atoms with Crippen molar-refractivity contribution in [2.24, 2.45) is 4.99 Å². The molecule has 0 aromatic heterocycles. The number of ketones is 1. The van der Waals surface area contributed by atoms with Crippen molar-refractivity contribution >= 4 is 29.7 Å². The first-order valence-corrected chi connectivity index (χ1v) is 9.56. The van der Waals surface area contributed by atoms with Gasteiger partial charge in [-0.15, -0.1) is 0 Å². The fourth-order valence-corrected chi connectivity index (χ4v) is 3.26. The van der Waals surface area contributed by atoms with Crippen molar-refractivity contribution in [2.45, 2.75) is 31.2 Å². The molecule has 0 spiro atoms. The normalized spacial score (nSPS) is 19.3. The molecule has 1 aliphatic carbocycles. The molecule has 0 bridgehead atoms. The van der Waals surface area contributed by atoms with E-state index in [1.165, 1.54) is 13.3 Å². The quantitative estimate of drug-likeness (QED) is 0.596. The lowest BCUT2D eigenvalue weighted by Crippen LogP contribution is -2.23. The number of hydrogen-bond acceptors (Lipinski definition) is 6. The van der Waals surface area contributed by atoms with Gasteiger partial charge in [0, 0.05) is 19.1 Å². The number of aliphatic hydroxyl groups excluding tert-OH is 1. The summed E-state index contributed by atoms with van der Waals surface area (Å²) in [5.41, 5.74) is 1.23. The highest BCUT2D eigenvalue weighted by Crippen LogP contribution is 2.32. The Labute approximate surface area is 152 Å². The van der Waals surface area contributed by atoms with Gasteiger partial charge < -0.3 is 9.84 Å². The third-order valence-electron chi connectivity index (χ3n) is 4.21. The summed E-state index contributed by atoms with van der Waals surface area (Å²) in [5.74, 6) is 0.165. The topological polar surface area (TPSA) is 76.0 Å². The molecule has 0 saturated carbocycles. The van der Waals surface area contributed by atoms with Gasteiger partial charge in [0.05, 0.1) is 12.7 Å². The van der Waals surface area contributed by atoms with Crippen molar-refractivity contribution in [1.82, 2.24) is 0 Å². The number of benzene rings is 1. The van der Waals surface area contributed by atoms with E-state index in [9.17, 15) is 14.7 Å². The highest BCUT2D eigenvalue weighted by atomic mass is 32.2. The van der Waals surface area contributed by atoms with E-state index in [4.69, 9.17) is 4.74 Å². The number of Topliss-reactive ketones (excluding diaryl/α,β-unsaturated/α-hetero) is 1. The van der Waals surface area contributed by atoms with Crippen molar-refractivity contribution in [3.8, 4) is 0 Å². The average molecular weight is 361 g/mol. The number of nitrogens with zero attached hydrogens (tertiary/aromatic N) is 1. The van der Waals surface area contributed by atoms with Gasteiger partial charge in [0.1, 0.15) is 11.8 Å². The largest absolute Gasteiger partial charge is 0.511 e. The molecule has 1 aliphatic rings. The Morgan fingerprint density at radius 1 is 1.40 bits per heavy atom. The number of aliphatic hydroxyl groups is 1. The molecule has 0 heterocycles. The molecular weight excluding hydrogens is 338 g/mol. The summed E-state index contributed by atoms with van der Waals surface area (Å²) in [4.78, 5) is 28.4. The van der Waals surface area contributed by atoms with E-state index in [1.807, 2.05) is 36.6 Å². The van der Waals surface area contributed by atoms with Gasteiger partial charge in [-0.05, 0) is 29.9 Å². The maximum absolute atomic E-state index is 12.4. The minimum absolute atomic E-state index is 0.0289. The fourth-order valence-electron chi connectivity index (χ4n) is 2.80. The summed E-state index contributed by atoms with van der Waals surface area (Å²) < 4.78 is 4.75. The van der Waals surface area contributed by atoms with Gasteiger partial charge in [-0.2, -0.15) is 11.8 Å².